The Labute approximate surface area is 96.2 Å². The minimum absolute atomic E-state index is 0.318. The van der Waals surface area contributed by atoms with Crippen LogP contribution in [0.15, 0.2) is 36.5 Å². The molecule has 0 bridgehead atoms. The molecule has 2 heterocycles. The summed E-state index contributed by atoms with van der Waals surface area (Å²) in [6.07, 6.45) is -2.82. The summed E-state index contributed by atoms with van der Waals surface area (Å²) in [5.74, 6) is 0. The van der Waals surface area contributed by atoms with Crippen molar-refractivity contribution in [3.05, 3.63) is 47.9 Å². The Morgan fingerprint density at radius 2 is 1.82 bits per heavy atom. The lowest BCUT2D eigenvalue weighted by molar-refractivity contribution is -0.141. The zero-order valence-electron chi connectivity index (χ0n) is 8.99. The molecule has 0 fully saturated rings. The third-order valence-corrected chi connectivity index (χ3v) is 2.32. The Kier molecular flexibility index (Phi) is 2.83. The van der Waals surface area contributed by atoms with Gasteiger partial charge in [-0.2, -0.15) is 13.2 Å². The molecule has 0 aliphatic heterocycles. The maximum Gasteiger partial charge on any atom is 0.433 e. The maximum absolute atomic E-state index is 12.4. The van der Waals surface area contributed by atoms with Crippen molar-refractivity contribution in [3.8, 4) is 11.3 Å². The summed E-state index contributed by atoms with van der Waals surface area (Å²) in [6.45, 7) is 1.54. The predicted octanol–water partition coefficient (Wildman–Crippen LogP) is 3.47. The third-order valence-electron chi connectivity index (χ3n) is 2.32. The van der Waals surface area contributed by atoms with E-state index in [9.17, 15) is 13.2 Å². The Morgan fingerprint density at radius 3 is 2.35 bits per heavy atom. The summed E-state index contributed by atoms with van der Waals surface area (Å²) >= 11 is 0. The van der Waals surface area contributed by atoms with Crippen molar-refractivity contribution >= 4 is 0 Å². The van der Waals surface area contributed by atoms with Gasteiger partial charge in [-0.25, -0.2) is 4.98 Å². The number of halogens is 3. The number of hydrogen-bond donors (Lipinski definition) is 0. The van der Waals surface area contributed by atoms with Gasteiger partial charge in [-0.1, -0.05) is 6.07 Å². The highest BCUT2D eigenvalue weighted by molar-refractivity contribution is 5.61. The van der Waals surface area contributed by atoms with E-state index in [4.69, 9.17) is 0 Å². The first-order valence-corrected chi connectivity index (χ1v) is 4.95. The fourth-order valence-corrected chi connectivity index (χ4v) is 1.51. The summed E-state index contributed by atoms with van der Waals surface area (Å²) in [6, 6.07) is 7.62. The van der Waals surface area contributed by atoms with Gasteiger partial charge in [-0.3, -0.25) is 4.98 Å². The van der Waals surface area contributed by atoms with Crippen LogP contribution in [-0.4, -0.2) is 9.97 Å². The van der Waals surface area contributed by atoms with Gasteiger partial charge in [0, 0.05) is 17.5 Å². The van der Waals surface area contributed by atoms with E-state index in [0.717, 1.165) is 6.07 Å². The van der Waals surface area contributed by atoms with Crippen LogP contribution in [0.3, 0.4) is 0 Å². The van der Waals surface area contributed by atoms with Crippen LogP contribution in [0.4, 0.5) is 13.2 Å². The van der Waals surface area contributed by atoms with E-state index in [0.29, 0.717) is 17.0 Å². The average molecular weight is 238 g/mol. The van der Waals surface area contributed by atoms with Crippen LogP contribution < -0.4 is 0 Å². The first-order chi connectivity index (χ1) is 7.98. The van der Waals surface area contributed by atoms with E-state index >= 15 is 0 Å². The molecule has 0 saturated heterocycles. The maximum atomic E-state index is 12.4. The van der Waals surface area contributed by atoms with Gasteiger partial charge in [-0.05, 0) is 31.2 Å². The van der Waals surface area contributed by atoms with Crippen molar-refractivity contribution in [3.63, 3.8) is 0 Å². The molecule has 2 aromatic heterocycles. The van der Waals surface area contributed by atoms with E-state index in [1.54, 1.807) is 31.3 Å². The molecule has 2 aromatic rings. The average Bonchev–Trinajstić information content (AvgIpc) is 2.29. The first-order valence-electron chi connectivity index (χ1n) is 4.95. The molecule has 0 aliphatic rings. The Bertz CT molecular complexity index is 521. The molecule has 0 amide bonds. The number of nitrogens with zero attached hydrogens (tertiary/aromatic N) is 2. The van der Waals surface area contributed by atoms with Gasteiger partial charge in [0.15, 0.2) is 0 Å². The van der Waals surface area contributed by atoms with Crippen LogP contribution in [0.1, 0.15) is 11.4 Å². The minimum Gasteiger partial charge on any atom is -0.256 e. The normalized spacial score (nSPS) is 11.5. The summed E-state index contributed by atoms with van der Waals surface area (Å²) in [7, 11) is 0. The molecule has 0 unspecified atom stereocenters. The van der Waals surface area contributed by atoms with E-state index < -0.39 is 11.9 Å². The van der Waals surface area contributed by atoms with Crippen molar-refractivity contribution in [2.75, 3.05) is 0 Å². The lowest BCUT2D eigenvalue weighted by Gasteiger charge is -2.09. The van der Waals surface area contributed by atoms with Gasteiger partial charge in [0.25, 0.3) is 0 Å². The third kappa shape index (κ3) is 2.43. The molecule has 0 aromatic carbocycles. The molecular weight excluding hydrogens is 229 g/mol. The van der Waals surface area contributed by atoms with Gasteiger partial charge in [0.1, 0.15) is 5.69 Å². The molecule has 17 heavy (non-hydrogen) atoms. The Balaban J connectivity index is 2.46. The molecule has 2 rings (SSSR count). The molecule has 0 spiro atoms. The number of aryl methyl sites for hydroxylation is 1. The van der Waals surface area contributed by atoms with Gasteiger partial charge in [0.2, 0.25) is 0 Å². The molecular formula is C12H9F3N2. The number of hydrogen-bond acceptors (Lipinski definition) is 2. The largest absolute Gasteiger partial charge is 0.433 e. The molecule has 2 nitrogen and oxygen atoms in total. The van der Waals surface area contributed by atoms with Crippen LogP contribution in [0.5, 0.6) is 0 Å². The van der Waals surface area contributed by atoms with Crippen molar-refractivity contribution in [2.24, 2.45) is 0 Å². The van der Waals surface area contributed by atoms with Gasteiger partial charge in [-0.15, -0.1) is 0 Å². The Morgan fingerprint density at radius 1 is 1.06 bits per heavy atom. The van der Waals surface area contributed by atoms with Crippen LogP contribution in [0.2, 0.25) is 0 Å². The van der Waals surface area contributed by atoms with Crippen LogP contribution in [0, 0.1) is 6.92 Å². The lowest BCUT2D eigenvalue weighted by Crippen LogP contribution is -2.09. The van der Waals surface area contributed by atoms with Crippen molar-refractivity contribution in [2.45, 2.75) is 13.1 Å². The summed E-state index contributed by atoms with van der Waals surface area (Å²) in [4.78, 5) is 7.64. The summed E-state index contributed by atoms with van der Waals surface area (Å²) in [5, 5.41) is 0. The SMILES string of the molecule is Cc1nc(C(F)(F)F)ccc1-c1ccccn1. The highest BCUT2D eigenvalue weighted by Gasteiger charge is 2.32. The molecule has 0 aliphatic carbocycles. The summed E-state index contributed by atoms with van der Waals surface area (Å²) < 4.78 is 37.3. The molecule has 0 radical (unpaired) electrons. The molecule has 5 heteroatoms. The number of rotatable bonds is 1. The Hall–Kier alpha value is -1.91. The van der Waals surface area contributed by atoms with Crippen LogP contribution in [-0.2, 0) is 6.18 Å². The van der Waals surface area contributed by atoms with E-state index in [1.165, 1.54) is 6.07 Å². The molecule has 88 valence electrons. The fourth-order valence-electron chi connectivity index (χ4n) is 1.51. The lowest BCUT2D eigenvalue weighted by atomic mass is 10.1. The zero-order chi connectivity index (χ0) is 12.5. The monoisotopic (exact) mass is 238 g/mol. The topological polar surface area (TPSA) is 25.8 Å². The number of pyridine rings is 2. The van der Waals surface area contributed by atoms with Gasteiger partial charge in [0.05, 0.1) is 5.69 Å². The summed E-state index contributed by atoms with van der Waals surface area (Å²) in [5.41, 5.74) is 0.665. The van der Waals surface area contributed by atoms with E-state index in [2.05, 4.69) is 9.97 Å². The second-order valence-electron chi connectivity index (χ2n) is 3.54. The number of alkyl halides is 3. The predicted molar refractivity (Wildman–Crippen MR) is 57.2 cm³/mol. The second-order valence-corrected chi connectivity index (χ2v) is 3.54. The van der Waals surface area contributed by atoms with Gasteiger partial charge >= 0.3 is 6.18 Å². The van der Waals surface area contributed by atoms with Crippen molar-refractivity contribution in [1.82, 2.24) is 9.97 Å². The van der Waals surface area contributed by atoms with Crippen LogP contribution >= 0.6 is 0 Å². The van der Waals surface area contributed by atoms with Crippen LogP contribution in [0.25, 0.3) is 11.3 Å². The first kappa shape index (κ1) is 11.6. The second kappa shape index (κ2) is 4.16. The molecule has 0 saturated carbocycles. The fraction of sp³-hybridized carbons (Fsp3) is 0.167. The highest BCUT2D eigenvalue weighted by atomic mass is 19.4. The smallest absolute Gasteiger partial charge is 0.256 e. The van der Waals surface area contributed by atoms with E-state index in [-0.39, 0.29) is 0 Å². The van der Waals surface area contributed by atoms with Crippen molar-refractivity contribution < 1.29 is 13.2 Å². The van der Waals surface area contributed by atoms with E-state index in [1.807, 2.05) is 0 Å². The quantitative estimate of drug-likeness (QED) is 0.760. The standard InChI is InChI=1S/C12H9F3N2/c1-8-9(10-4-2-3-7-16-10)5-6-11(17-8)12(13,14)15/h2-7H,1H3. The number of aromatic nitrogens is 2. The highest BCUT2D eigenvalue weighted by Crippen LogP contribution is 2.30. The van der Waals surface area contributed by atoms with Crippen molar-refractivity contribution in [1.29, 1.82) is 0 Å². The molecule has 0 N–H and O–H groups in total. The van der Waals surface area contributed by atoms with Gasteiger partial charge < -0.3 is 0 Å². The molecule has 0 atom stereocenters. The minimum atomic E-state index is -4.41. The zero-order valence-corrected chi connectivity index (χ0v) is 8.99.